The lowest BCUT2D eigenvalue weighted by molar-refractivity contribution is 0.623. The Morgan fingerprint density at radius 1 is 1.64 bits per heavy atom. The summed E-state index contributed by atoms with van der Waals surface area (Å²) >= 11 is 0. The molecule has 0 unspecified atom stereocenters. The fourth-order valence-electron chi connectivity index (χ4n) is 0.845. The number of nitrogens with two attached hydrogens (primary N) is 2. The molecule has 0 saturated carbocycles. The first kappa shape index (κ1) is 10.5. The molecule has 4 heteroatoms. The average Bonchev–Trinajstić information content (AvgIpc) is 2.08. The van der Waals surface area contributed by atoms with E-state index in [2.05, 4.69) is 16.8 Å². The van der Waals surface area contributed by atoms with Crippen LogP contribution in [0, 0.1) is 17.7 Å². The summed E-state index contributed by atoms with van der Waals surface area (Å²) in [4.78, 5) is 3.74. The maximum atomic E-state index is 13.1. The van der Waals surface area contributed by atoms with E-state index in [1.165, 1.54) is 6.20 Å². The quantitative estimate of drug-likeness (QED) is 0.651. The van der Waals surface area contributed by atoms with Crippen LogP contribution in [0.5, 0.6) is 0 Å². The molecule has 1 atom stereocenters. The first-order valence-corrected chi connectivity index (χ1v) is 4.25. The van der Waals surface area contributed by atoms with Crippen molar-refractivity contribution in [1.82, 2.24) is 4.98 Å². The van der Waals surface area contributed by atoms with Crippen LogP contribution < -0.4 is 11.5 Å². The summed E-state index contributed by atoms with van der Waals surface area (Å²) in [6, 6.07) is 1.14. The smallest absolute Gasteiger partial charge is 0.144 e. The highest BCUT2D eigenvalue weighted by Gasteiger charge is 1.99. The van der Waals surface area contributed by atoms with Crippen LogP contribution in [0.4, 0.5) is 10.2 Å². The van der Waals surface area contributed by atoms with Crippen molar-refractivity contribution in [2.45, 2.75) is 19.4 Å². The summed E-state index contributed by atoms with van der Waals surface area (Å²) in [5.41, 5.74) is 11.0. The topological polar surface area (TPSA) is 64.9 Å². The zero-order valence-electron chi connectivity index (χ0n) is 7.92. The van der Waals surface area contributed by atoms with Crippen molar-refractivity contribution in [2.24, 2.45) is 5.73 Å². The first-order chi connectivity index (χ1) is 6.59. The van der Waals surface area contributed by atoms with Gasteiger partial charge in [0.15, 0.2) is 0 Å². The maximum absolute atomic E-state index is 13.1. The summed E-state index contributed by atoms with van der Waals surface area (Å²) in [6.45, 7) is 1.84. The third-order valence-corrected chi connectivity index (χ3v) is 1.52. The minimum atomic E-state index is -0.449. The summed E-state index contributed by atoms with van der Waals surface area (Å²) in [5.74, 6) is 5.12. The van der Waals surface area contributed by atoms with E-state index in [0.29, 0.717) is 6.42 Å². The van der Waals surface area contributed by atoms with Crippen LogP contribution in [0.1, 0.15) is 18.9 Å². The number of aromatic nitrogens is 1. The predicted molar refractivity (Wildman–Crippen MR) is 53.8 cm³/mol. The third-order valence-electron chi connectivity index (χ3n) is 1.52. The molecule has 0 amide bonds. The lowest BCUT2D eigenvalue weighted by Crippen LogP contribution is -2.12. The van der Waals surface area contributed by atoms with Crippen molar-refractivity contribution in [3.05, 3.63) is 23.6 Å². The molecule has 4 N–H and O–H groups in total. The molecular formula is C10H12FN3. The Hall–Kier alpha value is -1.60. The van der Waals surface area contributed by atoms with Gasteiger partial charge in [0, 0.05) is 24.7 Å². The Balaban J connectivity index is 2.80. The number of halogens is 1. The van der Waals surface area contributed by atoms with Gasteiger partial charge in [-0.15, -0.1) is 0 Å². The molecule has 0 aliphatic rings. The normalized spacial score (nSPS) is 11.6. The van der Waals surface area contributed by atoms with Crippen molar-refractivity contribution < 1.29 is 4.39 Å². The highest BCUT2D eigenvalue weighted by molar-refractivity contribution is 5.39. The predicted octanol–water partition coefficient (Wildman–Crippen LogP) is 0.892. The molecule has 0 radical (unpaired) electrons. The van der Waals surface area contributed by atoms with E-state index < -0.39 is 5.82 Å². The van der Waals surface area contributed by atoms with Gasteiger partial charge in [0.2, 0.25) is 0 Å². The van der Waals surface area contributed by atoms with Crippen molar-refractivity contribution in [3.63, 3.8) is 0 Å². The van der Waals surface area contributed by atoms with Gasteiger partial charge < -0.3 is 11.5 Å². The Morgan fingerprint density at radius 3 is 2.93 bits per heavy atom. The molecule has 1 aromatic heterocycles. The molecular weight excluding hydrogens is 181 g/mol. The standard InChI is InChI=1S/C10H12FN3/c1-7(12)3-2-4-8-6-14-10(13)5-9(8)11/h5-7H,3,12H2,1H3,(H2,13,14)/t7-/m0/s1. The summed E-state index contributed by atoms with van der Waals surface area (Å²) in [6.07, 6.45) is 1.85. The fraction of sp³-hybridized carbons (Fsp3) is 0.300. The zero-order valence-corrected chi connectivity index (χ0v) is 7.92. The number of anilines is 1. The number of nitrogens with zero attached hydrogens (tertiary/aromatic N) is 1. The molecule has 14 heavy (non-hydrogen) atoms. The molecule has 0 bridgehead atoms. The Labute approximate surface area is 82.3 Å². The van der Waals surface area contributed by atoms with E-state index in [1.807, 2.05) is 6.92 Å². The number of pyridine rings is 1. The highest BCUT2D eigenvalue weighted by atomic mass is 19.1. The third kappa shape index (κ3) is 3.04. The second kappa shape index (κ2) is 4.58. The van der Waals surface area contributed by atoms with Crippen molar-refractivity contribution in [1.29, 1.82) is 0 Å². The molecule has 0 aromatic carbocycles. The van der Waals surface area contributed by atoms with E-state index in [4.69, 9.17) is 11.5 Å². The second-order valence-corrected chi connectivity index (χ2v) is 3.07. The number of hydrogen-bond acceptors (Lipinski definition) is 3. The Bertz CT molecular complexity index is 377. The van der Waals surface area contributed by atoms with E-state index in [9.17, 15) is 4.39 Å². The molecule has 0 saturated heterocycles. The summed E-state index contributed by atoms with van der Waals surface area (Å²) < 4.78 is 13.1. The van der Waals surface area contributed by atoms with Crippen molar-refractivity contribution in [2.75, 3.05) is 5.73 Å². The number of hydrogen-bond donors (Lipinski definition) is 2. The minimum Gasteiger partial charge on any atom is -0.384 e. The average molecular weight is 193 g/mol. The summed E-state index contributed by atoms with van der Waals surface area (Å²) in [5, 5.41) is 0. The van der Waals surface area contributed by atoms with Gasteiger partial charge in [-0.3, -0.25) is 0 Å². The molecule has 1 rings (SSSR count). The Kier molecular flexibility index (Phi) is 3.43. The van der Waals surface area contributed by atoms with Crippen molar-refractivity contribution >= 4 is 5.82 Å². The van der Waals surface area contributed by atoms with Gasteiger partial charge in [0.05, 0.1) is 5.56 Å². The maximum Gasteiger partial charge on any atom is 0.144 e. The SMILES string of the molecule is C[C@H](N)CC#Cc1cnc(N)cc1F. The molecule has 3 nitrogen and oxygen atoms in total. The van der Waals surface area contributed by atoms with E-state index >= 15 is 0 Å². The van der Waals surface area contributed by atoms with E-state index in [1.54, 1.807) is 0 Å². The van der Waals surface area contributed by atoms with Gasteiger partial charge in [-0.2, -0.15) is 0 Å². The number of rotatable bonds is 1. The zero-order chi connectivity index (χ0) is 10.6. The minimum absolute atomic E-state index is 0.00713. The van der Waals surface area contributed by atoms with Gasteiger partial charge in [-0.1, -0.05) is 11.8 Å². The molecule has 0 spiro atoms. The number of nitrogen functional groups attached to an aromatic ring is 1. The van der Waals surface area contributed by atoms with Crippen LogP contribution in [0.3, 0.4) is 0 Å². The van der Waals surface area contributed by atoms with Gasteiger partial charge in [0.25, 0.3) is 0 Å². The molecule has 1 heterocycles. The van der Waals surface area contributed by atoms with Gasteiger partial charge in [-0.25, -0.2) is 9.37 Å². The van der Waals surface area contributed by atoms with Gasteiger partial charge >= 0.3 is 0 Å². The lowest BCUT2D eigenvalue weighted by atomic mass is 10.2. The second-order valence-electron chi connectivity index (χ2n) is 3.07. The van der Waals surface area contributed by atoms with Crippen LogP contribution in [-0.4, -0.2) is 11.0 Å². The van der Waals surface area contributed by atoms with Crippen molar-refractivity contribution in [3.8, 4) is 11.8 Å². The molecule has 0 aliphatic carbocycles. The van der Waals surface area contributed by atoms with Gasteiger partial charge in [0.1, 0.15) is 11.6 Å². The molecule has 74 valence electrons. The summed E-state index contributed by atoms with van der Waals surface area (Å²) in [7, 11) is 0. The van der Waals surface area contributed by atoms with Crippen LogP contribution >= 0.6 is 0 Å². The lowest BCUT2D eigenvalue weighted by Gasteiger charge is -1.96. The monoisotopic (exact) mass is 193 g/mol. The van der Waals surface area contributed by atoms with Crippen LogP contribution in [0.2, 0.25) is 0 Å². The van der Waals surface area contributed by atoms with Crippen LogP contribution in [0.25, 0.3) is 0 Å². The van der Waals surface area contributed by atoms with Crippen LogP contribution in [0.15, 0.2) is 12.3 Å². The molecule has 1 aromatic rings. The molecule has 0 aliphatic heterocycles. The largest absolute Gasteiger partial charge is 0.384 e. The Morgan fingerprint density at radius 2 is 2.36 bits per heavy atom. The van der Waals surface area contributed by atoms with Gasteiger partial charge in [-0.05, 0) is 6.92 Å². The van der Waals surface area contributed by atoms with E-state index in [0.717, 1.165) is 6.07 Å². The molecule has 0 fully saturated rings. The van der Waals surface area contributed by atoms with Crippen LogP contribution in [-0.2, 0) is 0 Å². The first-order valence-electron chi connectivity index (χ1n) is 4.25. The van der Waals surface area contributed by atoms with E-state index in [-0.39, 0.29) is 17.4 Å². The highest BCUT2D eigenvalue weighted by Crippen LogP contribution is 2.06. The fourth-order valence-corrected chi connectivity index (χ4v) is 0.845.